The Morgan fingerprint density at radius 3 is 2.64 bits per heavy atom. The summed E-state index contributed by atoms with van der Waals surface area (Å²) >= 11 is 0. The number of hydrogen-bond donors (Lipinski definition) is 1. The van der Waals surface area contributed by atoms with Gasteiger partial charge in [0.05, 0.1) is 24.8 Å². The van der Waals surface area contributed by atoms with Crippen molar-refractivity contribution in [1.82, 2.24) is 24.8 Å². The Labute approximate surface area is 208 Å². The van der Waals surface area contributed by atoms with Gasteiger partial charge in [-0.2, -0.15) is 15.2 Å². The highest BCUT2D eigenvalue weighted by Crippen LogP contribution is 2.32. The van der Waals surface area contributed by atoms with E-state index >= 15 is 0 Å². The molecule has 182 valence electrons. The van der Waals surface area contributed by atoms with E-state index in [1.165, 1.54) is 0 Å². The quantitative estimate of drug-likeness (QED) is 0.390. The van der Waals surface area contributed by atoms with Gasteiger partial charge in [0.15, 0.2) is 5.65 Å². The molecule has 0 saturated heterocycles. The standard InChI is InChI=1S/C26H25N7O3/c1-4-21-29-22-23(30-21)31-26(36-18-8-6-7-17(13-18)24-28-9-10-33(24)3)32-25(22)35-20-12-16(15-27)11-19(14-20)34-5-2/h6-8,11-14H,4-5,9-10H2,1-3H3,(H,29,30,31,32). The predicted molar refractivity (Wildman–Crippen MR) is 134 cm³/mol. The summed E-state index contributed by atoms with van der Waals surface area (Å²) in [7, 11) is 2.02. The van der Waals surface area contributed by atoms with Gasteiger partial charge in [-0.15, -0.1) is 0 Å². The molecule has 5 rings (SSSR count). The molecule has 3 heterocycles. The molecule has 0 amide bonds. The second kappa shape index (κ2) is 9.92. The molecule has 10 nitrogen and oxygen atoms in total. The van der Waals surface area contributed by atoms with Gasteiger partial charge in [-0.3, -0.25) is 4.99 Å². The zero-order valence-electron chi connectivity index (χ0n) is 20.3. The third kappa shape index (κ3) is 4.77. The lowest BCUT2D eigenvalue weighted by Crippen LogP contribution is -2.23. The van der Waals surface area contributed by atoms with Crippen LogP contribution in [0.25, 0.3) is 11.2 Å². The smallest absolute Gasteiger partial charge is 0.327 e. The molecule has 4 aromatic rings. The van der Waals surface area contributed by atoms with Crippen LogP contribution in [0.2, 0.25) is 0 Å². The van der Waals surface area contributed by atoms with Crippen LogP contribution < -0.4 is 14.2 Å². The Morgan fingerprint density at radius 1 is 1.03 bits per heavy atom. The zero-order valence-corrected chi connectivity index (χ0v) is 20.3. The van der Waals surface area contributed by atoms with Crippen LogP contribution in [0.3, 0.4) is 0 Å². The molecule has 0 saturated carbocycles. The van der Waals surface area contributed by atoms with E-state index in [0.717, 1.165) is 30.3 Å². The lowest BCUT2D eigenvalue weighted by Gasteiger charge is -2.14. The van der Waals surface area contributed by atoms with Crippen LogP contribution in [0.15, 0.2) is 47.5 Å². The average molecular weight is 484 g/mol. The van der Waals surface area contributed by atoms with E-state index < -0.39 is 0 Å². The molecular formula is C26H25N7O3. The third-order valence-corrected chi connectivity index (χ3v) is 5.58. The molecule has 10 heteroatoms. The van der Waals surface area contributed by atoms with Gasteiger partial charge < -0.3 is 24.1 Å². The monoisotopic (exact) mass is 483 g/mol. The fraction of sp³-hybridized carbons (Fsp3) is 0.269. The summed E-state index contributed by atoms with van der Waals surface area (Å²) in [5, 5.41) is 9.42. The molecule has 2 aromatic carbocycles. The second-order valence-corrected chi connectivity index (χ2v) is 8.14. The fourth-order valence-corrected chi connectivity index (χ4v) is 3.89. The van der Waals surface area contributed by atoms with E-state index in [1.807, 2.05) is 45.2 Å². The van der Waals surface area contributed by atoms with Gasteiger partial charge in [-0.25, -0.2) is 4.98 Å². The Hall–Kier alpha value is -4.65. The third-order valence-electron chi connectivity index (χ3n) is 5.58. The van der Waals surface area contributed by atoms with Crippen molar-refractivity contribution in [2.24, 2.45) is 4.99 Å². The van der Waals surface area contributed by atoms with E-state index in [1.54, 1.807) is 18.2 Å². The minimum absolute atomic E-state index is 0.0898. The van der Waals surface area contributed by atoms with Crippen molar-refractivity contribution < 1.29 is 14.2 Å². The van der Waals surface area contributed by atoms with Crippen LogP contribution in [0, 0.1) is 11.3 Å². The topological polar surface area (TPSA) is 122 Å². The second-order valence-electron chi connectivity index (χ2n) is 8.14. The number of rotatable bonds is 8. The van der Waals surface area contributed by atoms with Crippen molar-refractivity contribution in [2.45, 2.75) is 20.3 Å². The minimum Gasteiger partial charge on any atom is -0.494 e. The number of benzene rings is 2. The maximum absolute atomic E-state index is 9.42. The summed E-state index contributed by atoms with van der Waals surface area (Å²) in [4.78, 5) is 23.4. The number of hydrogen-bond acceptors (Lipinski definition) is 9. The Bertz CT molecular complexity index is 1490. The number of nitriles is 1. The normalized spacial score (nSPS) is 12.9. The van der Waals surface area contributed by atoms with Crippen molar-refractivity contribution in [3.05, 3.63) is 59.4 Å². The number of ether oxygens (including phenoxy) is 3. The van der Waals surface area contributed by atoms with Crippen LogP contribution in [-0.4, -0.2) is 57.4 Å². The summed E-state index contributed by atoms with van der Waals surface area (Å²) in [5.41, 5.74) is 2.32. The van der Waals surface area contributed by atoms with Gasteiger partial charge in [-0.1, -0.05) is 19.1 Å². The first-order valence-electron chi connectivity index (χ1n) is 11.7. The maximum atomic E-state index is 9.42. The minimum atomic E-state index is 0.0898. The van der Waals surface area contributed by atoms with Crippen LogP contribution in [-0.2, 0) is 6.42 Å². The highest BCUT2D eigenvalue weighted by molar-refractivity contribution is 5.99. The van der Waals surface area contributed by atoms with E-state index in [2.05, 4.69) is 35.9 Å². The van der Waals surface area contributed by atoms with E-state index in [-0.39, 0.29) is 11.9 Å². The number of aromatic nitrogens is 4. The van der Waals surface area contributed by atoms with Crippen molar-refractivity contribution in [1.29, 1.82) is 5.26 Å². The van der Waals surface area contributed by atoms with Gasteiger partial charge in [0, 0.05) is 31.6 Å². The molecule has 0 aliphatic carbocycles. The zero-order chi connectivity index (χ0) is 25.1. The Kier molecular flexibility index (Phi) is 6.36. The summed E-state index contributed by atoms with van der Waals surface area (Å²) in [6.07, 6.45) is 0.683. The number of imidazole rings is 1. The largest absolute Gasteiger partial charge is 0.494 e. The number of aromatic amines is 1. The molecule has 0 radical (unpaired) electrons. The summed E-state index contributed by atoms with van der Waals surface area (Å²) in [5.74, 6) is 3.40. The van der Waals surface area contributed by atoms with Gasteiger partial charge in [0.25, 0.3) is 5.88 Å². The summed E-state index contributed by atoms with van der Waals surface area (Å²) < 4.78 is 17.7. The number of fused-ring (bicyclic) bond motifs is 1. The molecule has 0 fully saturated rings. The highest BCUT2D eigenvalue weighted by atomic mass is 16.5. The van der Waals surface area contributed by atoms with Gasteiger partial charge in [-0.05, 0) is 31.2 Å². The number of likely N-dealkylation sites (N-methyl/N-ethyl adjacent to an activating group) is 1. The van der Waals surface area contributed by atoms with E-state index in [4.69, 9.17) is 14.2 Å². The van der Waals surface area contributed by atoms with Crippen molar-refractivity contribution in [2.75, 3.05) is 26.7 Å². The molecule has 2 aromatic heterocycles. The maximum Gasteiger partial charge on any atom is 0.327 e. The number of aryl methyl sites for hydroxylation is 1. The number of amidine groups is 1. The first-order valence-corrected chi connectivity index (χ1v) is 11.7. The first-order chi connectivity index (χ1) is 17.6. The molecule has 0 bridgehead atoms. The number of aliphatic imine (C=N–C) groups is 1. The van der Waals surface area contributed by atoms with Crippen LogP contribution in [0.4, 0.5) is 0 Å². The molecule has 0 unspecified atom stereocenters. The average Bonchev–Trinajstić information content (AvgIpc) is 3.50. The van der Waals surface area contributed by atoms with E-state index in [0.29, 0.717) is 47.0 Å². The Balaban J connectivity index is 1.51. The van der Waals surface area contributed by atoms with Gasteiger partial charge in [0.1, 0.15) is 34.4 Å². The van der Waals surface area contributed by atoms with Crippen molar-refractivity contribution in [3.8, 4) is 35.2 Å². The van der Waals surface area contributed by atoms with Gasteiger partial charge in [0.2, 0.25) is 0 Å². The summed E-state index contributed by atoms with van der Waals surface area (Å²) in [6.45, 7) is 5.99. The number of nitrogens with one attached hydrogen (secondary N) is 1. The molecular weight excluding hydrogens is 458 g/mol. The molecule has 1 aliphatic heterocycles. The van der Waals surface area contributed by atoms with Crippen LogP contribution in [0.1, 0.15) is 30.8 Å². The first kappa shape index (κ1) is 23.1. The van der Waals surface area contributed by atoms with Crippen molar-refractivity contribution >= 4 is 17.0 Å². The van der Waals surface area contributed by atoms with Crippen molar-refractivity contribution in [3.63, 3.8) is 0 Å². The SMILES string of the molecule is CCOc1cc(C#N)cc(Oc2nc(Oc3cccc(C4=NCCN4C)c3)nc3nc(CC)[nH]c23)c1. The molecule has 0 atom stereocenters. The fourth-order valence-electron chi connectivity index (χ4n) is 3.89. The van der Waals surface area contributed by atoms with Crippen LogP contribution >= 0.6 is 0 Å². The number of nitrogens with zero attached hydrogens (tertiary/aromatic N) is 6. The summed E-state index contributed by atoms with van der Waals surface area (Å²) in [6, 6.07) is 14.8. The number of H-pyrrole nitrogens is 1. The highest BCUT2D eigenvalue weighted by Gasteiger charge is 2.18. The predicted octanol–water partition coefficient (Wildman–Crippen LogP) is 4.46. The molecule has 1 N–H and O–H groups in total. The van der Waals surface area contributed by atoms with E-state index in [9.17, 15) is 5.26 Å². The molecule has 36 heavy (non-hydrogen) atoms. The molecule has 1 aliphatic rings. The lowest BCUT2D eigenvalue weighted by molar-refractivity contribution is 0.337. The van der Waals surface area contributed by atoms with Crippen LogP contribution in [0.5, 0.6) is 29.1 Å². The lowest BCUT2D eigenvalue weighted by atomic mass is 10.2. The van der Waals surface area contributed by atoms with Gasteiger partial charge >= 0.3 is 6.01 Å². The molecule has 0 spiro atoms. The Morgan fingerprint density at radius 2 is 1.89 bits per heavy atom.